The van der Waals surface area contributed by atoms with Gasteiger partial charge in [-0.25, -0.2) is 0 Å². The van der Waals surface area contributed by atoms with E-state index >= 15 is 0 Å². The zero-order valence-corrected chi connectivity index (χ0v) is 16.4. The van der Waals surface area contributed by atoms with Crippen LogP contribution in [-0.4, -0.2) is 19.6 Å². The van der Waals surface area contributed by atoms with Crippen molar-refractivity contribution in [2.24, 2.45) is 11.7 Å². The van der Waals surface area contributed by atoms with E-state index in [2.05, 4.69) is 19.2 Å². The summed E-state index contributed by atoms with van der Waals surface area (Å²) in [5, 5.41) is 2.93. The summed E-state index contributed by atoms with van der Waals surface area (Å²) in [5.41, 5.74) is 6.87. The fourth-order valence-electron chi connectivity index (χ4n) is 2.30. The second-order valence-electron chi connectivity index (χ2n) is 6.32. The number of halogens is 1. The first-order chi connectivity index (χ1) is 11.9. The highest BCUT2D eigenvalue weighted by Gasteiger charge is 2.16. The molecule has 0 bridgehead atoms. The van der Waals surface area contributed by atoms with Gasteiger partial charge in [-0.15, -0.1) is 12.4 Å². The van der Waals surface area contributed by atoms with Gasteiger partial charge in [0, 0.05) is 0 Å². The van der Waals surface area contributed by atoms with Gasteiger partial charge in [0.25, 0.3) is 5.91 Å². The predicted molar refractivity (Wildman–Crippen MR) is 103 cm³/mol. The Hall–Kier alpha value is -2.18. The molecule has 7 heteroatoms. The molecule has 6 nitrogen and oxygen atoms in total. The average Bonchev–Trinajstić information content (AvgIpc) is 3.08. The summed E-state index contributed by atoms with van der Waals surface area (Å²) in [5.74, 6) is 2.13. The van der Waals surface area contributed by atoms with E-state index < -0.39 is 0 Å². The molecule has 1 heterocycles. The smallest absolute Gasteiger partial charge is 0.255 e. The normalized spacial score (nSPS) is 11.6. The summed E-state index contributed by atoms with van der Waals surface area (Å²) in [6, 6.07) is 7.11. The zero-order chi connectivity index (χ0) is 18.4. The molecule has 0 aliphatic heterocycles. The Balaban J connectivity index is 0.00000338. The Kier molecular flexibility index (Phi) is 8.48. The molecule has 1 unspecified atom stereocenters. The van der Waals surface area contributed by atoms with Gasteiger partial charge < -0.3 is 24.9 Å². The molecule has 0 saturated heterocycles. The van der Waals surface area contributed by atoms with Crippen LogP contribution in [0.1, 0.15) is 48.5 Å². The SMILES string of the molecule is COc1cc(C(C)NC(=O)c2coc(CN)c2)ccc1OCC(C)C.Cl. The van der Waals surface area contributed by atoms with Crippen molar-refractivity contribution in [3.05, 3.63) is 47.4 Å². The molecule has 0 fully saturated rings. The molecule has 1 aromatic carbocycles. The number of hydrogen-bond donors (Lipinski definition) is 2. The largest absolute Gasteiger partial charge is 0.493 e. The maximum atomic E-state index is 12.3. The molecule has 3 N–H and O–H groups in total. The van der Waals surface area contributed by atoms with Crippen molar-refractivity contribution in [3.63, 3.8) is 0 Å². The highest BCUT2D eigenvalue weighted by atomic mass is 35.5. The van der Waals surface area contributed by atoms with Crippen LogP contribution in [0.4, 0.5) is 0 Å². The van der Waals surface area contributed by atoms with Crippen molar-refractivity contribution in [1.82, 2.24) is 5.32 Å². The third-order valence-corrected chi connectivity index (χ3v) is 3.72. The van der Waals surface area contributed by atoms with Crippen molar-refractivity contribution >= 4 is 18.3 Å². The van der Waals surface area contributed by atoms with Crippen LogP contribution in [0.2, 0.25) is 0 Å². The maximum absolute atomic E-state index is 12.3. The van der Waals surface area contributed by atoms with E-state index in [4.69, 9.17) is 19.6 Å². The number of ether oxygens (including phenoxy) is 2. The van der Waals surface area contributed by atoms with Crippen molar-refractivity contribution in [2.45, 2.75) is 33.4 Å². The minimum atomic E-state index is -0.213. The van der Waals surface area contributed by atoms with Gasteiger partial charge in [0.1, 0.15) is 12.0 Å². The molecule has 2 aromatic rings. The van der Waals surface area contributed by atoms with Crippen LogP contribution in [0.3, 0.4) is 0 Å². The van der Waals surface area contributed by atoms with Crippen molar-refractivity contribution in [1.29, 1.82) is 0 Å². The lowest BCUT2D eigenvalue weighted by molar-refractivity contribution is 0.0939. The first kappa shape index (κ1) is 21.9. The Labute approximate surface area is 160 Å². The van der Waals surface area contributed by atoms with Crippen LogP contribution in [0.5, 0.6) is 11.5 Å². The van der Waals surface area contributed by atoms with Crippen molar-refractivity contribution in [3.8, 4) is 11.5 Å². The number of benzene rings is 1. The van der Waals surface area contributed by atoms with Crippen molar-refractivity contribution in [2.75, 3.05) is 13.7 Å². The molecule has 1 atom stereocenters. The predicted octanol–water partition coefficient (Wildman–Crippen LogP) is 3.69. The quantitative estimate of drug-likeness (QED) is 0.727. The minimum absolute atomic E-state index is 0. The summed E-state index contributed by atoms with van der Waals surface area (Å²) in [6.07, 6.45) is 1.41. The number of carbonyl (C=O) groups excluding carboxylic acids is 1. The average molecular weight is 383 g/mol. The molecule has 0 radical (unpaired) electrons. The number of amides is 1. The number of nitrogens with two attached hydrogens (primary N) is 1. The summed E-state index contributed by atoms with van der Waals surface area (Å²) in [4.78, 5) is 12.3. The number of carbonyl (C=O) groups is 1. The van der Waals surface area contributed by atoms with Crippen LogP contribution in [0.15, 0.2) is 34.9 Å². The van der Waals surface area contributed by atoms with Gasteiger partial charge in [0.15, 0.2) is 11.5 Å². The maximum Gasteiger partial charge on any atom is 0.255 e. The van der Waals surface area contributed by atoms with E-state index in [1.54, 1.807) is 13.2 Å². The second-order valence-corrected chi connectivity index (χ2v) is 6.32. The molecular weight excluding hydrogens is 356 g/mol. The molecule has 1 aromatic heterocycles. The van der Waals surface area contributed by atoms with Crippen LogP contribution in [0, 0.1) is 5.92 Å². The first-order valence-corrected chi connectivity index (χ1v) is 8.33. The molecule has 2 rings (SSSR count). The van der Waals surface area contributed by atoms with Crippen LogP contribution < -0.4 is 20.5 Å². The summed E-state index contributed by atoms with van der Waals surface area (Å²) in [7, 11) is 1.60. The molecule has 1 amide bonds. The van der Waals surface area contributed by atoms with Crippen LogP contribution >= 0.6 is 12.4 Å². The van der Waals surface area contributed by atoms with E-state index in [1.807, 2.05) is 25.1 Å². The fraction of sp³-hybridized carbons (Fsp3) is 0.421. The standard InChI is InChI=1S/C19H26N2O4.ClH/c1-12(2)10-25-17-6-5-14(8-18(17)23-4)13(3)21-19(22)15-7-16(9-20)24-11-15;/h5-8,11-13H,9-10,20H2,1-4H3,(H,21,22);1H. The Bertz CT molecular complexity index is 715. The Morgan fingerprint density at radius 2 is 1.96 bits per heavy atom. The Morgan fingerprint density at radius 1 is 1.23 bits per heavy atom. The molecule has 0 aliphatic rings. The third kappa shape index (κ3) is 5.68. The lowest BCUT2D eigenvalue weighted by atomic mass is 10.1. The molecular formula is C19H27ClN2O4. The number of hydrogen-bond acceptors (Lipinski definition) is 5. The van der Waals surface area contributed by atoms with Gasteiger partial charge in [-0.05, 0) is 36.6 Å². The van der Waals surface area contributed by atoms with Gasteiger partial charge in [-0.1, -0.05) is 19.9 Å². The number of methoxy groups -OCH3 is 1. The summed E-state index contributed by atoms with van der Waals surface area (Å²) >= 11 is 0. The van der Waals surface area contributed by atoms with E-state index in [-0.39, 0.29) is 30.9 Å². The monoisotopic (exact) mass is 382 g/mol. The van der Waals surface area contributed by atoms with Gasteiger partial charge in [-0.2, -0.15) is 0 Å². The first-order valence-electron chi connectivity index (χ1n) is 8.33. The molecule has 0 aliphatic carbocycles. The second kappa shape index (κ2) is 10.1. The van der Waals surface area contributed by atoms with E-state index in [0.717, 1.165) is 5.56 Å². The third-order valence-electron chi connectivity index (χ3n) is 3.72. The molecule has 26 heavy (non-hydrogen) atoms. The van der Waals surface area contributed by atoms with E-state index in [0.29, 0.717) is 35.3 Å². The summed E-state index contributed by atoms with van der Waals surface area (Å²) < 4.78 is 16.4. The zero-order valence-electron chi connectivity index (χ0n) is 15.6. The molecule has 0 saturated carbocycles. The number of furan rings is 1. The molecule has 0 spiro atoms. The van der Waals surface area contributed by atoms with E-state index in [1.165, 1.54) is 6.26 Å². The number of rotatable bonds is 8. The topological polar surface area (TPSA) is 86.7 Å². The fourth-order valence-corrected chi connectivity index (χ4v) is 2.30. The molecule has 144 valence electrons. The van der Waals surface area contributed by atoms with E-state index in [9.17, 15) is 4.79 Å². The van der Waals surface area contributed by atoms with Gasteiger partial charge in [-0.3, -0.25) is 4.79 Å². The van der Waals surface area contributed by atoms with Crippen LogP contribution in [-0.2, 0) is 6.54 Å². The highest BCUT2D eigenvalue weighted by Crippen LogP contribution is 2.30. The number of nitrogens with one attached hydrogen (secondary N) is 1. The highest BCUT2D eigenvalue weighted by molar-refractivity contribution is 5.94. The van der Waals surface area contributed by atoms with Crippen molar-refractivity contribution < 1.29 is 18.7 Å². The lowest BCUT2D eigenvalue weighted by Crippen LogP contribution is -2.26. The van der Waals surface area contributed by atoms with Gasteiger partial charge >= 0.3 is 0 Å². The lowest BCUT2D eigenvalue weighted by Gasteiger charge is -2.17. The van der Waals surface area contributed by atoms with Crippen LogP contribution in [0.25, 0.3) is 0 Å². The van der Waals surface area contributed by atoms with Gasteiger partial charge in [0.2, 0.25) is 0 Å². The summed E-state index contributed by atoms with van der Waals surface area (Å²) in [6.45, 7) is 6.96. The minimum Gasteiger partial charge on any atom is -0.493 e. The Morgan fingerprint density at radius 3 is 2.54 bits per heavy atom. The van der Waals surface area contributed by atoms with Gasteiger partial charge in [0.05, 0.1) is 31.9 Å².